The summed E-state index contributed by atoms with van der Waals surface area (Å²) in [6.45, 7) is 4.87. The second kappa shape index (κ2) is 6.21. The molecule has 1 N–H and O–H groups in total. The van der Waals surface area contributed by atoms with Gasteiger partial charge in [0.05, 0.1) is 5.69 Å². The lowest BCUT2D eigenvalue weighted by Gasteiger charge is -2.20. The van der Waals surface area contributed by atoms with Crippen molar-refractivity contribution in [2.45, 2.75) is 32.8 Å². The molecule has 1 aliphatic heterocycles. The Morgan fingerprint density at radius 3 is 2.65 bits per heavy atom. The van der Waals surface area contributed by atoms with Crippen molar-refractivity contribution in [3.63, 3.8) is 0 Å². The monoisotopic (exact) mass is 297 g/mol. The molecule has 1 aromatic heterocycles. The number of aromatic nitrogens is 1. The van der Waals surface area contributed by atoms with Crippen LogP contribution in [0.15, 0.2) is 0 Å². The number of hydrogen-bond donors (Lipinski definition) is 1. The molecule has 1 unspecified atom stereocenters. The molecule has 1 atom stereocenters. The predicted octanol–water partition coefficient (Wildman–Crippen LogP) is 1.66. The molecule has 2 heterocycles. The number of aryl methyl sites for hydroxylation is 1. The number of likely N-dealkylation sites (tertiary alicyclic amines) is 1. The number of rotatable bonds is 4. The highest BCUT2D eigenvalue weighted by Crippen LogP contribution is 2.25. The Balaban J connectivity index is 2.03. The van der Waals surface area contributed by atoms with Crippen LogP contribution in [-0.4, -0.2) is 47.4 Å². The average Bonchev–Trinajstić information content (AvgIpc) is 3.06. The number of hydrogen-bond acceptors (Lipinski definition) is 6. The van der Waals surface area contributed by atoms with Gasteiger partial charge >= 0.3 is 5.97 Å². The van der Waals surface area contributed by atoms with Gasteiger partial charge in [0.1, 0.15) is 10.6 Å². The van der Waals surface area contributed by atoms with Crippen LogP contribution >= 0.6 is 11.5 Å². The molecule has 1 aliphatic rings. The fraction of sp³-hybridized carbons (Fsp3) is 0.615. The van der Waals surface area contributed by atoms with Crippen molar-refractivity contribution in [1.82, 2.24) is 9.27 Å². The van der Waals surface area contributed by atoms with E-state index in [4.69, 9.17) is 4.74 Å². The molecular weight excluding hydrogens is 278 g/mol. The molecule has 0 bridgehead atoms. The van der Waals surface area contributed by atoms with E-state index in [1.54, 1.807) is 25.8 Å². The van der Waals surface area contributed by atoms with Crippen molar-refractivity contribution in [3.05, 3.63) is 11.3 Å². The van der Waals surface area contributed by atoms with E-state index in [0.29, 0.717) is 16.3 Å². The average molecular weight is 297 g/mol. The van der Waals surface area contributed by atoms with E-state index in [-0.39, 0.29) is 5.91 Å². The van der Waals surface area contributed by atoms with Crippen LogP contribution in [0.5, 0.6) is 0 Å². The molecule has 0 saturated carbocycles. The van der Waals surface area contributed by atoms with Gasteiger partial charge in [-0.2, -0.15) is 4.37 Å². The Labute approximate surface area is 122 Å². The number of anilines is 1. The third-order valence-corrected chi connectivity index (χ3v) is 4.30. The minimum atomic E-state index is -0.760. The maximum Gasteiger partial charge on any atom is 0.343 e. The SMILES string of the molecule is CNc1snc(C)c1C(=O)OC(C)C(=O)N1CCCC1. The summed E-state index contributed by atoms with van der Waals surface area (Å²) in [5.74, 6) is -0.622. The van der Waals surface area contributed by atoms with Crippen LogP contribution in [-0.2, 0) is 9.53 Å². The number of carbonyl (C=O) groups excluding carboxylic acids is 2. The van der Waals surface area contributed by atoms with Crippen LogP contribution in [0, 0.1) is 6.92 Å². The number of nitrogens with one attached hydrogen (secondary N) is 1. The van der Waals surface area contributed by atoms with Gasteiger partial charge in [-0.05, 0) is 38.2 Å². The second-order valence-corrected chi connectivity index (χ2v) is 5.58. The van der Waals surface area contributed by atoms with Crippen molar-refractivity contribution in [2.24, 2.45) is 0 Å². The zero-order chi connectivity index (χ0) is 14.7. The third-order valence-electron chi connectivity index (χ3n) is 3.34. The topological polar surface area (TPSA) is 71.5 Å². The summed E-state index contributed by atoms with van der Waals surface area (Å²) < 4.78 is 9.41. The van der Waals surface area contributed by atoms with Gasteiger partial charge in [-0.15, -0.1) is 0 Å². The van der Waals surface area contributed by atoms with Gasteiger partial charge in [0, 0.05) is 20.1 Å². The first-order valence-corrected chi connectivity index (χ1v) is 7.45. The molecule has 110 valence electrons. The predicted molar refractivity (Wildman–Crippen MR) is 77.1 cm³/mol. The molecule has 1 amide bonds. The van der Waals surface area contributed by atoms with Gasteiger partial charge in [0.25, 0.3) is 5.91 Å². The van der Waals surface area contributed by atoms with Gasteiger partial charge in [0.2, 0.25) is 0 Å². The maximum absolute atomic E-state index is 12.2. The molecule has 0 radical (unpaired) electrons. The summed E-state index contributed by atoms with van der Waals surface area (Å²) in [5.41, 5.74) is 1.03. The van der Waals surface area contributed by atoms with Gasteiger partial charge in [-0.3, -0.25) is 4.79 Å². The fourth-order valence-corrected chi connectivity index (χ4v) is 2.98. The quantitative estimate of drug-likeness (QED) is 0.856. The summed E-state index contributed by atoms with van der Waals surface area (Å²) in [5, 5.41) is 3.58. The first-order valence-electron chi connectivity index (χ1n) is 6.68. The molecule has 0 aromatic carbocycles. The highest BCUT2D eigenvalue weighted by atomic mass is 32.1. The lowest BCUT2D eigenvalue weighted by atomic mass is 10.2. The Morgan fingerprint density at radius 2 is 2.05 bits per heavy atom. The molecule has 1 aromatic rings. The van der Waals surface area contributed by atoms with Gasteiger partial charge in [-0.1, -0.05) is 0 Å². The zero-order valence-corrected chi connectivity index (χ0v) is 12.7. The normalized spacial score (nSPS) is 16.1. The molecule has 2 rings (SSSR count). The van der Waals surface area contributed by atoms with E-state index < -0.39 is 12.1 Å². The highest BCUT2D eigenvalue weighted by molar-refractivity contribution is 7.10. The van der Waals surface area contributed by atoms with Crippen LogP contribution < -0.4 is 5.32 Å². The minimum absolute atomic E-state index is 0.123. The maximum atomic E-state index is 12.2. The van der Waals surface area contributed by atoms with Crippen molar-refractivity contribution < 1.29 is 14.3 Å². The molecule has 7 heteroatoms. The van der Waals surface area contributed by atoms with E-state index in [2.05, 4.69) is 9.69 Å². The van der Waals surface area contributed by atoms with E-state index in [0.717, 1.165) is 25.9 Å². The second-order valence-electron chi connectivity index (χ2n) is 4.80. The first kappa shape index (κ1) is 14.8. The number of ether oxygens (including phenoxy) is 1. The minimum Gasteiger partial charge on any atom is -0.449 e. The van der Waals surface area contributed by atoms with E-state index in [1.165, 1.54) is 11.5 Å². The molecule has 0 spiro atoms. The molecular formula is C13H19N3O3S. The Morgan fingerprint density at radius 1 is 1.40 bits per heavy atom. The first-order chi connectivity index (χ1) is 9.54. The van der Waals surface area contributed by atoms with E-state index in [9.17, 15) is 9.59 Å². The largest absolute Gasteiger partial charge is 0.449 e. The summed E-state index contributed by atoms with van der Waals surface area (Å²) in [7, 11) is 1.72. The lowest BCUT2D eigenvalue weighted by Crippen LogP contribution is -2.38. The van der Waals surface area contributed by atoms with Crippen LogP contribution in [0.25, 0.3) is 0 Å². The molecule has 6 nitrogen and oxygen atoms in total. The lowest BCUT2D eigenvalue weighted by molar-refractivity contribution is -0.138. The van der Waals surface area contributed by atoms with Crippen LogP contribution in [0.4, 0.5) is 5.00 Å². The number of carbonyl (C=O) groups is 2. The Kier molecular flexibility index (Phi) is 4.59. The van der Waals surface area contributed by atoms with Crippen molar-refractivity contribution in [1.29, 1.82) is 0 Å². The molecule has 1 fully saturated rings. The van der Waals surface area contributed by atoms with Crippen LogP contribution in [0.3, 0.4) is 0 Å². The van der Waals surface area contributed by atoms with Crippen molar-refractivity contribution >= 4 is 28.4 Å². The summed E-state index contributed by atoms with van der Waals surface area (Å²) in [6, 6.07) is 0. The van der Waals surface area contributed by atoms with Gasteiger partial charge in [-0.25, -0.2) is 4.79 Å². The third kappa shape index (κ3) is 2.92. The molecule has 20 heavy (non-hydrogen) atoms. The number of esters is 1. The summed E-state index contributed by atoms with van der Waals surface area (Å²) in [4.78, 5) is 26.0. The summed E-state index contributed by atoms with van der Waals surface area (Å²) in [6.07, 6.45) is 1.28. The van der Waals surface area contributed by atoms with Crippen LogP contribution in [0.1, 0.15) is 35.8 Å². The fourth-order valence-electron chi connectivity index (χ4n) is 2.25. The summed E-state index contributed by atoms with van der Waals surface area (Å²) >= 11 is 1.21. The van der Waals surface area contributed by atoms with Crippen molar-refractivity contribution in [3.8, 4) is 0 Å². The molecule has 0 aliphatic carbocycles. The van der Waals surface area contributed by atoms with Gasteiger partial charge < -0.3 is 15.0 Å². The van der Waals surface area contributed by atoms with E-state index in [1.807, 2.05) is 0 Å². The Hall–Kier alpha value is -1.63. The standard InChI is InChI=1S/C13H19N3O3S/c1-8-10(11(14-3)20-15-8)13(18)19-9(2)12(17)16-6-4-5-7-16/h9,14H,4-7H2,1-3H3. The number of nitrogens with zero attached hydrogens (tertiary/aromatic N) is 2. The highest BCUT2D eigenvalue weighted by Gasteiger charge is 2.28. The van der Waals surface area contributed by atoms with Crippen LogP contribution in [0.2, 0.25) is 0 Å². The number of amides is 1. The van der Waals surface area contributed by atoms with Crippen molar-refractivity contribution in [2.75, 3.05) is 25.5 Å². The van der Waals surface area contributed by atoms with E-state index >= 15 is 0 Å². The van der Waals surface area contributed by atoms with Gasteiger partial charge in [0.15, 0.2) is 6.10 Å². The zero-order valence-electron chi connectivity index (χ0n) is 11.9. The molecule has 1 saturated heterocycles. The Bertz CT molecular complexity index is 509. The smallest absolute Gasteiger partial charge is 0.343 e.